The number of nitrogens with one attached hydrogen (secondary N) is 1. The van der Waals surface area contributed by atoms with Crippen LogP contribution < -0.4 is 5.32 Å². The van der Waals surface area contributed by atoms with Crippen LogP contribution in [-0.4, -0.2) is 26.8 Å². The lowest BCUT2D eigenvalue weighted by Crippen LogP contribution is -2.27. The number of rotatable bonds is 3. The van der Waals surface area contributed by atoms with Crippen LogP contribution in [0.25, 0.3) is 0 Å². The Morgan fingerprint density at radius 3 is 2.76 bits per heavy atom. The van der Waals surface area contributed by atoms with Crippen molar-refractivity contribution in [1.82, 2.24) is 9.78 Å². The first kappa shape index (κ1) is 14.0. The summed E-state index contributed by atoms with van der Waals surface area (Å²) in [6.45, 7) is 8.15. The number of carbonyl (C=O) groups excluding carboxylic acids is 1. The molecule has 5 nitrogen and oxygen atoms in total. The molecule has 0 fully saturated rings. The maximum Gasteiger partial charge on any atom is 0.412 e. The zero-order valence-electron chi connectivity index (χ0n) is 10.6. The maximum atomic E-state index is 11.6. The van der Waals surface area contributed by atoms with Gasteiger partial charge in [0.15, 0.2) is 0 Å². The highest BCUT2D eigenvalue weighted by molar-refractivity contribution is 9.09. The summed E-state index contributed by atoms with van der Waals surface area (Å²) in [5.74, 6) is 0. The number of ether oxygens (including phenoxy) is 1. The molecule has 17 heavy (non-hydrogen) atoms. The molecule has 0 aliphatic carbocycles. The Bertz CT molecular complexity index is 396. The lowest BCUT2D eigenvalue weighted by molar-refractivity contribution is 0.0636. The van der Waals surface area contributed by atoms with Crippen LogP contribution in [-0.2, 0) is 11.3 Å². The second kappa shape index (κ2) is 5.53. The van der Waals surface area contributed by atoms with Crippen molar-refractivity contribution in [3.05, 3.63) is 11.9 Å². The molecule has 6 heteroatoms. The highest BCUT2D eigenvalue weighted by Crippen LogP contribution is 2.15. The third-order valence-corrected chi connectivity index (χ3v) is 2.39. The summed E-state index contributed by atoms with van der Waals surface area (Å²) < 4.78 is 6.99. The van der Waals surface area contributed by atoms with E-state index in [2.05, 4.69) is 26.3 Å². The summed E-state index contributed by atoms with van der Waals surface area (Å²) in [5.41, 5.74) is 1.10. The molecule has 96 valence electrons. The number of carbonyl (C=O) groups is 1. The SMILES string of the molecule is Cc1c(NC(=O)OC(C)(C)C)cnn1CCBr. The number of hydrogen-bond acceptors (Lipinski definition) is 3. The number of halogens is 1. The van der Waals surface area contributed by atoms with E-state index in [1.165, 1.54) is 0 Å². The molecule has 0 radical (unpaired) electrons. The van der Waals surface area contributed by atoms with Gasteiger partial charge < -0.3 is 4.74 Å². The fourth-order valence-corrected chi connectivity index (χ4v) is 1.62. The van der Waals surface area contributed by atoms with E-state index in [1.807, 2.05) is 32.4 Å². The quantitative estimate of drug-likeness (QED) is 0.874. The van der Waals surface area contributed by atoms with Gasteiger partial charge in [0.05, 0.1) is 24.1 Å². The summed E-state index contributed by atoms with van der Waals surface area (Å²) in [6.07, 6.45) is 1.17. The molecule has 0 spiro atoms. The highest BCUT2D eigenvalue weighted by Gasteiger charge is 2.17. The molecule has 0 aliphatic rings. The third-order valence-electron chi connectivity index (χ3n) is 2.04. The average molecular weight is 304 g/mol. The number of alkyl halides is 1. The van der Waals surface area contributed by atoms with Gasteiger partial charge in [-0.25, -0.2) is 4.79 Å². The zero-order valence-corrected chi connectivity index (χ0v) is 12.2. The van der Waals surface area contributed by atoms with Crippen molar-refractivity contribution in [2.24, 2.45) is 0 Å². The van der Waals surface area contributed by atoms with Gasteiger partial charge in [-0.1, -0.05) is 15.9 Å². The number of nitrogens with zero attached hydrogens (tertiary/aromatic N) is 2. The predicted molar refractivity (Wildman–Crippen MR) is 70.6 cm³/mol. The Kier molecular flexibility index (Phi) is 4.56. The lowest BCUT2D eigenvalue weighted by Gasteiger charge is -2.19. The minimum atomic E-state index is -0.496. The van der Waals surface area contributed by atoms with Crippen LogP contribution in [0.4, 0.5) is 10.5 Å². The van der Waals surface area contributed by atoms with Crippen molar-refractivity contribution in [1.29, 1.82) is 0 Å². The van der Waals surface area contributed by atoms with Gasteiger partial charge in [-0.15, -0.1) is 0 Å². The Balaban J connectivity index is 2.66. The molecule has 1 amide bonds. The van der Waals surface area contributed by atoms with E-state index in [-0.39, 0.29) is 0 Å². The van der Waals surface area contributed by atoms with Crippen LogP contribution in [0.1, 0.15) is 26.5 Å². The second-order valence-corrected chi connectivity index (χ2v) is 5.48. The largest absolute Gasteiger partial charge is 0.444 e. The number of aromatic nitrogens is 2. The van der Waals surface area contributed by atoms with Gasteiger partial charge in [-0.3, -0.25) is 10.00 Å². The normalized spacial score (nSPS) is 11.4. The molecular formula is C11H18BrN3O2. The molecule has 0 unspecified atom stereocenters. The van der Waals surface area contributed by atoms with Crippen molar-refractivity contribution in [2.45, 2.75) is 39.8 Å². The molecular weight excluding hydrogens is 286 g/mol. The third kappa shape index (κ3) is 4.38. The topological polar surface area (TPSA) is 56.1 Å². The van der Waals surface area contributed by atoms with E-state index in [1.54, 1.807) is 6.20 Å². The first-order valence-corrected chi connectivity index (χ1v) is 6.54. The van der Waals surface area contributed by atoms with Crippen LogP contribution in [0.15, 0.2) is 6.20 Å². The van der Waals surface area contributed by atoms with E-state index in [4.69, 9.17) is 4.74 Å². The average Bonchev–Trinajstić information content (AvgIpc) is 2.47. The van der Waals surface area contributed by atoms with Gasteiger partial charge in [-0.05, 0) is 27.7 Å². The molecule has 1 aromatic rings. The number of aryl methyl sites for hydroxylation is 1. The van der Waals surface area contributed by atoms with Crippen LogP contribution in [0.3, 0.4) is 0 Å². The van der Waals surface area contributed by atoms with Gasteiger partial charge >= 0.3 is 6.09 Å². The summed E-state index contributed by atoms with van der Waals surface area (Å²) in [6, 6.07) is 0. The Morgan fingerprint density at radius 1 is 1.59 bits per heavy atom. The van der Waals surface area contributed by atoms with Crippen molar-refractivity contribution in [2.75, 3.05) is 10.6 Å². The molecule has 1 aromatic heterocycles. The molecule has 0 aromatic carbocycles. The highest BCUT2D eigenvalue weighted by atomic mass is 79.9. The van der Waals surface area contributed by atoms with Crippen LogP contribution in [0.5, 0.6) is 0 Å². The molecule has 0 atom stereocenters. The number of amides is 1. The van der Waals surface area contributed by atoms with Crippen LogP contribution >= 0.6 is 15.9 Å². The molecule has 1 N–H and O–H groups in total. The standard InChI is InChI=1S/C11H18BrN3O2/c1-8-9(7-13-15(8)6-5-12)14-10(16)17-11(2,3)4/h7H,5-6H2,1-4H3,(H,14,16). The van der Waals surface area contributed by atoms with Crippen molar-refractivity contribution in [3.63, 3.8) is 0 Å². The van der Waals surface area contributed by atoms with Gasteiger partial charge in [0.2, 0.25) is 0 Å². The lowest BCUT2D eigenvalue weighted by atomic mass is 10.2. The smallest absolute Gasteiger partial charge is 0.412 e. The maximum absolute atomic E-state index is 11.6. The fraction of sp³-hybridized carbons (Fsp3) is 0.636. The summed E-state index contributed by atoms with van der Waals surface area (Å²) in [7, 11) is 0. The Hall–Kier alpha value is -1.04. The summed E-state index contributed by atoms with van der Waals surface area (Å²) >= 11 is 3.35. The Morgan fingerprint density at radius 2 is 2.24 bits per heavy atom. The minimum Gasteiger partial charge on any atom is -0.444 e. The molecule has 0 saturated heterocycles. The molecule has 0 bridgehead atoms. The van der Waals surface area contributed by atoms with Gasteiger partial charge in [0, 0.05) is 5.33 Å². The van der Waals surface area contributed by atoms with Crippen LogP contribution in [0, 0.1) is 6.92 Å². The predicted octanol–water partition coefficient (Wildman–Crippen LogP) is 2.93. The number of anilines is 1. The molecule has 0 saturated carbocycles. The van der Waals surface area contributed by atoms with Crippen LogP contribution in [0.2, 0.25) is 0 Å². The summed E-state index contributed by atoms with van der Waals surface area (Å²) in [5, 5.41) is 7.68. The fourth-order valence-electron chi connectivity index (χ4n) is 1.29. The first-order valence-electron chi connectivity index (χ1n) is 5.42. The Labute approximate surface area is 110 Å². The van der Waals surface area contributed by atoms with E-state index < -0.39 is 11.7 Å². The second-order valence-electron chi connectivity index (χ2n) is 4.68. The van der Waals surface area contributed by atoms with Crippen molar-refractivity contribution < 1.29 is 9.53 Å². The van der Waals surface area contributed by atoms with E-state index in [0.717, 1.165) is 17.6 Å². The van der Waals surface area contributed by atoms with Gasteiger partial charge in [0.1, 0.15) is 5.60 Å². The molecule has 1 heterocycles. The zero-order chi connectivity index (χ0) is 13.1. The molecule has 1 rings (SSSR count). The first-order chi connectivity index (χ1) is 7.83. The number of hydrogen-bond donors (Lipinski definition) is 1. The monoisotopic (exact) mass is 303 g/mol. The molecule has 0 aliphatic heterocycles. The van der Waals surface area contributed by atoms with Crippen molar-refractivity contribution >= 4 is 27.7 Å². The van der Waals surface area contributed by atoms with E-state index >= 15 is 0 Å². The van der Waals surface area contributed by atoms with E-state index in [0.29, 0.717) is 5.69 Å². The minimum absolute atomic E-state index is 0.459. The van der Waals surface area contributed by atoms with Gasteiger partial charge in [0.25, 0.3) is 0 Å². The van der Waals surface area contributed by atoms with Gasteiger partial charge in [-0.2, -0.15) is 5.10 Å². The van der Waals surface area contributed by atoms with Crippen molar-refractivity contribution in [3.8, 4) is 0 Å². The summed E-state index contributed by atoms with van der Waals surface area (Å²) in [4.78, 5) is 11.6. The van der Waals surface area contributed by atoms with E-state index in [9.17, 15) is 4.79 Å².